The summed E-state index contributed by atoms with van der Waals surface area (Å²) in [5, 5.41) is 2.43. The van der Waals surface area contributed by atoms with Crippen molar-refractivity contribution in [1.29, 1.82) is 0 Å². The standard InChI is InChI=1S/C16H16F3N3O2/c1-2-24-15(23)22-13-7-6-12(21-14(13)20)9-10-4-3-5-11(8-10)16(17,18)19/h3-8H,2,9H2,1H3,(H2,20,21)(H,22,23). The van der Waals surface area contributed by atoms with Gasteiger partial charge in [0.15, 0.2) is 0 Å². The second-order valence-corrected chi connectivity index (χ2v) is 4.96. The number of ether oxygens (including phenoxy) is 1. The molecule has 1 aromatic carbocycles. The number of benzene rings is 1. The normalized spacial score (nSPS) is 11.2. The van der Waals surface area contributed by atoms with Gasteiger partial charge in [-0.15, -0.1) is 0 Å². The highest BCUT2D eigenvalue weighted by molar-refractivity contribution is 5.87. The second-order valence-electron chi connectivity index (χ2n) is 4.96. The zero-order valence-corrected chi connectivity index (χ0v) is 12.9. The van der Waals surface area contributed by atoms with Crippen molar-refractivity contribution in [2.75, 3.05) is 17.7 Å². The molecule has 5 nitrogen and oxygen atoms in total. The van der Waals surface area contributed by atoms with Gasteiger partial charge < -0.3 is 10.5 Å². The number of carbonyl (C=O) groups excluding carboxylic acids is 1. The second kappa shape index (κ2) is 7.20. The van der Waals surface area contributed by atoms with Crippen LogP contribution in [-0.2, 0) is 17.3 Å². The first-order valence-electron chi connectivity index (χ1n) is 7.15. The van der Waals surface area contributed by atoms with Gasteiger partial charge >= 0.3 is 12.3 Å². The number of nitrogens with one attached hydrogen (secondary N) is 1. The number of halogens is 3. The molecule has 0 saturated carbocycles. The molecule has 2 aromatic rings. The number of nitrogen functional groups attached to an aromatic ring is 1. The molecular formula is C16H16F3N3O2. The maximum absolute atomic E-state index is 12.7. The highest BCUT2D eigenvalue weighted by atomic mass is 19.4. The zero-order valence-electron chi connectivity index (χ0n) is 12.9. The molecule has 0 radical (unpaired) electrons. The summed E-state index contributed by atoms with van der Waals surface area (Å²) in [6, 6.07) is 8.12. The Morgan fingerprint density at radius 2 is 2.04 bits per heavy atom. The molecule has 1 amide bonds. The predicted molar refractivity (Wildman–Crippen MR) is 83.5 cm³/mol. The fourth-order valence-corrected chi connectivity index (χ4v) is 2.07. The van der Waals surface area contributed by atoms with Crippen LogP contribution in [0.3, 0.4) is 0 Å². The zero-order chi connectivity index (χ0) is 17.7. The minimum absolute atomic E-state index is 0.0625. The van der Waals surface area contributed by atoms with E-state index in [1.165, 1.54) is 12.1 Å². The number of nitrogens with two attached hydrogens (primary N) is 1. The summed E-state index contributed by atoms with van der Waals surface area (Å²) in [6.45, 7) is 1.88. The summed E-state index contributed by atoms with van der Waals surface area (Å²) >= 11 is 0. The van der Waals surface area contributed by atoms with Crippen LogP contribution < -0.4 is 11.1 Å². The van der Waals surface area contributed by atoms with Gasteiger partial charge in [0.2, 0.25) is 0 Å². The minimum Gasteiger partial charge on any atom is -0.450 e. The molecular weight excluding hydrogens is 323 g/mol. The largest absolute Gasteiger partial charge is 0.450 e. The highest BCUT2D eigenvalue weighted by Gasteiger charge is 2.30. The van der Waals surface area contributed by atoms with Gasteiger partial charge in [0.25, 0.3) is 0 Å². The van der Waals surface area contributed by atoms with E-state index in [9.17, 15) is 18.0 Å². The number of amides is 1. The topological polar surface area (TPSA) is 77.2 Å². The Morgan fingerprint density at radius 3 is 2.67 bits per heavy atom. The van der Waals surface area contributed by atoms with E-state index in [1.807, 2.05) is 0 Å². The van der Waals surface area contributed by atoms with Crippen molar-refractivity contribution in [3.05, 3.63) is 53.2 Å². The average Bonchev–Trinajstić information content (AvgIpc) is 2.50. The smallest absolute Gasteiger partial charge is 0.416 e. The molecule has 3 N–H and O–H groups in total. The minimum atomic E-state index is -4.39. The van der Waals surface area contributed by atoms with Crippen LogP contribution in [0.5, 0.6) is 0 Å². The molecule has 8 heteroatoms. The molecule has 0 aliphatic heterocycles. The van der Waals surface area contributed by atoms with Crippen LogP contribution in [0.2, 0.25) is 0 Å². The van der Waals surface area contributed by atoms with Gasteiger partial charge in [0.1, 0.15) is 5.82 Å². The Balaban J connectivity index is 2.14. The lowest BCUT2D eigenvalue weighted by atomic mass is 10.1. The van der Waals surface area contributed by atoms with E-state index in [1.54, 1.807) is 19.1 Å². The number of carbonyl (C=O) groups is 1. The van der Waals surface area contributed by atoms with Crippen LogP contribution in [0.25, 0.3) is 0 Å². The Hall–Kier alpha value is -2.77. The van der Waals surface area contributed by atoms with Gasteiger partial charge in [-0.2, -0.15) is 13.2 Å². The lowest BCUT2D eigenvalue weighted by Gasteiger charge is -2.10. The van der Waals surface area contributed by atoms with Crippen molar-refractivity contribution in [3.8, 4) is 0 Å². The van der Waals surface area contributed by atoms with Crippen LogP contribution in [0.4, 0.5) is 29.5 Å². The van der Waals surface area contributed by atoms with Gasteiger partial charge in [-0.25, -0.2) is 9.78 Å². The summed E-state index contributed by atoms with van der Waals surface area (Å²) in [6.07, 6.45) is -4.86. The first-order chi connectivity index (χ1) is 11.3. The maximum atomic E-state index is 12.7. The van der Waals surface area contributed by atoms with Gasteiger partial charge in [-0.05, 0) is 30.7 Å². The Kier molecular flexibility index (Phi) is 5.28. The molecule has 2 rings (SSSR count). The number of nitrogens with zero attached hydrogens (tertiary/aromatic N) is 1. The molecule has 24 heavy (non-hydrogen) atoms. The number of aromatic nitrogens is 1. The number of rotatable bonds is 4. The fourth-order valence-electron chi connectivity index (χ4n) is 2.07. The molecule has 0 aliphatic rings. The van der Waals surface area contributed by atoms with E-state index in [0.717, 1.165) is 12.1 Å². The van der Waals surface area contributed by atoms with Crippen LogP contribution in [-0.4, -0.2) is 17.7 Å². The first kappa shape index (κ1) is 17.6. The summed E-state index contributed by atoms with van der Waals surface area (Å²) in [5.74, 6) is 0.0625. The van der Waals surface area contributed by atoms with Gasteiger partial charge in [-0.3, -0.25) is 5.32 Å². The van der Waals surface area contributed by atoms with Crippen molar-refractivity contribution in [3.63, 3.8) is 0 Å². The number of hydrogen-bond donors (Lipinski definition) is 2. The molecule has 0 saturated heterocycles. The fraction of sp³-hybridized carbons (Fsp3) is 0.250. The van der Waals surface area contributed by atoms with E-state index >= 15 is 0 Å². The van der Waals surface area contributed by atoms with Crippen molar-refractivity contribution in [2.24, 2.45) is 0 Å². The highest BCUT2D eigenvalue weighted by Crippen LogP contribution is 2.30. The quantitative estimate of drug-likeness (QED) is 0.887. The first-order valence-corrected chi connectivity index (χ1v) is 7.15. The summed E-state index contributed by atoms with van der Waals surface area (Å²) in [5.41, 5.74) is 6.27. The van der Waals surface area contributed by atoms with Gasteiger partial charge in [-0.1, -0.05) is 18.2 Å². The van der Waals surface area contributed by atoms with Crippen LogP contribution >= 0.6 is 0 Å². The molecule has 0 fully saturated rings. The van der Waals surface area contributed by atoms with E-state index in [0.29, 0.717) is 11.3 Å². The van der Waals surface area contributed by atoms with Gasteiger partial charge in [0, 0.05) is 12.1 Å². The molecule has 128 valence electrons. The predicted octanol–water partition coefficient (Wildman–Crippen LogP) is 3.84. The number of alkyl halides is 3. The third kappa shape index (κ3) is 4.61. The van der Waals surface area contributed by atoms with Crippen molar-refractivity contribution in [2.45, 2.75) is 19.5 Å². The Bertz CT molecular complexity index is 733. The number of hydrogen-bond acceptors (Lipinski definition) is 4. The van der Waals surface area contributed by atoms with E-state index in [-0.39, 0.29) is 24.5 Å². The number of anilines is 2. The SMILES string of the molecule is CCOC(=O)Nc1ccc(Cc2cccc(C(F)(F)F)c2)nc1N. The third-order valence-electron chi connectivity index (χ3n) is 3.13. The van der Waals surface area contributed by atoms with Crippen LogP contribution in [0, 0.1) is 0 Å². The van der Waals surface area contributed by atoms with E-state index in [4.69, 9.17) is 10.5 Å². The lowest BCUT2D eigenvalue weighted by molar-refractivity contribution is -0.137. The number of pyridine rings is 1. The van der Waals surface area contributed by atoms with Crippen molar-refractivity contribution >= 4 is 17.6 Å². The summed E-state index contributed by atoms with van der Waals surface area (Å²) < 4.78 is 42.9. The molecule has 1 heterocycles. The van der Waals surface area contributed by atoms with Crippen LogP contribution in [0.1, 0.15) is 23.7 Å². The lowest BCUT2D eigenvalue weighted by Crippen LogP contribution is -2.15. The molecule has 0 bridgehead atoms. The van der Waals surface area contributed by atoms with Crippen molar-refractivity contribution < 1.29 is 22.7 Å². The van der Waals surface area contributed by atoms with Gasteiger partial charge in [0.05, 0.1) is 17.9 Å². The van der Waals surface area contributed by atoms with E-state index < -0.39 is 17.8 Å². The molecule has 0 spiro atoms. The Morgan fingerprint density at radius 1 is 1.29 bits per heavy atom. The molecule has 0 unspecified atom stereocenters. The Labute approximate surface area is 136 Å². The van der Waals surface area contributed by atoms with E-state index in [2.05, 4.69) is 10.3 Å². The maximum Gasteiger partial charge on any atom is 0.416 e. The monoisotopic (exact) mass is 339 g/mol. The summed E-state index contributed by atoms with van der Waals surface area (Å²) in [7, 11) is 0. The summed E-state index contributed by atoms with van der Waals surface area (Å²) in [4.78, 5) is 15.4. The van der Waals surface area contributed by atoms with Crippen LogP contribution in [0.15, 0.2) is 36.4 Å². The third-order valence-corrected chi connectivity index (χ3v) is 3.13. The molecule has 1 aromatic heterocycles. The molecule has 0 aliphatic carbocycles. The molecule has 0 atom stereocenters. The van der Waals surface area contributed by atoms with Crippen molar-refractivity contribution in [1.82, 2.24) is 4.98 Å². The average molecular weight is 339 g/mol.